The van der Waals surface area contributed by atoms with Crippen LogP contribution in [0.15, 0.2) is 12.4 Å². The van der Waals surface area contributed by atoms with E-state index in [1.807, 2.05) is 0 Å². The predicted molar refractivity (Wildman–Crippen MR) is 49.6 cm³/mol. The maximum Gasteiger partial charge on any atom is 0.378 e. The minimum atomic E-state index is -6.28. The average Bonchev–Trinajstić information content (AvgIpc) is 2.70. The third kappa shape index (κ3) is 2.12. The molecule has 1 radical (unpaired) electrons. The fourth-order valence-electron chi connectivity index (χ4n) is 1.67. The Morgan fingerprint density at radius 1 is 1.00 bits per heavy atom. The van der Waals surface area contributed by atoms with Crippen molar-refractivity contribution in [2.45, 2.75) is 23.7 Å². The summed E-state index contributed by atoms with van der Waals surface area (Å²) in [7, 11) is 1.05. The third-order valence-electron chi connectivity index (χ3n) is 2.82. The predicted octanol–water partition coefficient (Wildman–Crippen LogP) is 3.16. The Kier molecular flexibility index (Phi) is 4.11. The number of hydrogen-bond acceptors (Lipinski definition) is 1. The Bertz CT molecular complexity index is 577. The third-order valence-corrected chi connectivity index (χ3v) is 2.82. The van der Waals surface area contributed by atoms with Crippen molar-refractivity contribution in [2.24, 2.45) is 7.05 Å². The van der Waals surface area contributed by atoms with E-state index in [2.05, 4.69) is 4.98 Å². The molecule has 0 bridgehead atoms. The zero-order chi connectivity index (χ0) is 15.6. The number of nitrogens with zero attached hydrogens (tertiary/aromatic N) is 2. The van der Waals surface area contributed by atoms with Crippen LogP contribution in [0, 0.1) is 6.08 Å². The Hall–Kier alpha value is -0.961. The zero-order valence-corrected chi connectivity index (χ0v) is 12.3. The molecule has 0 saturated carbocycles. The first-order valence-electron chi connectivity index (χ1n) is 5.01. The molecule has 0 unspecified atom stereocenters. The van der Waals surface area contributed by atoms with Gasteiger partial charge in [-0.2, -0.15) is 32.4 Å². The maximum atomic E-state index is 13.5. The molecule has 0 aromatic carbocycles. The number of aromatic nitrogens is 2. The van der Waals surface area contributed by atoms with Gasteiger partial charge in [0.2, 0.25) is 0 Å². The van der Waals surface area contributed by atoms with E-state index in [0.717, 1.165) is 19.4 Å². The van der Waals surface area contributed by atoms with Crippen molar-refractivity contribution in [3.8, 4) is 0 Å². The molecule has 11 heteroatoms. The van der Waals surface area contributed by atoms with Gasteiger partial charge in [-0.15, -0.1) is 5.57 Å². The van der Waals surface area contributed by atoms with Crippen LogP contribution in [0.25, 0.3) is 5.57 Å². The summed E-state index contributed by atoms with van der Waals surface area (Å²) in [6.07, 6.45) is 2.36. The van der Waals surface area contributed by atoms with Gasteiger partial charge in [-0.3, -0.25) is 0 Å². The molecule has 1 aliphatic rings. The van der Waals surface area contributed by atoms with Crippen molar-refractivity contribution in [3.05, 3.63) is 24.3 Å². The van der Waals surface area contributed by atoms with Crippen LogP contribution in [-0.2, 0) is 27.2 Å². The molecule has 0 N–H and O–H groups in total. The van der Waals surface area contributed by atoms with E-state index < -0.39 is 35.1 Å². The van der Waals surface area contributed by atoms with Gasteiger partial charge in [0, 0.05) is 32.5 Å². The second kappa shape index (κ2) is 4.77. The second-order valence-corrected chi connectivity index (χ2v) is 4.16. The van der Waals surface area contributed by atoms with Gasteiger partial charge in [-0.05, 0) is 12.9 Å². The van der Waals surface area contributed by atoms with Gasteiger partial charge in [0.05, 0.1) is 0 Å². The molecule has 21 heavy (non-hydrogen) atoms. The van der Waals surface area contributed by atoms with Crippen molar-refractivity contribution in [1.29, 1.82) is 0 Å². The van der Waals surface area contributed by atoms with Gasteiger partial charge < -0.3 is 9.55 Å². The molecule has 0 atom stereocenters. The van der Waals surface area contributed by atoms with Crippen LogP contribution < -0.4 is 0 Å². The molecule has 1 heterocycles. The number of alkyl halides is 8. The molecule has 1 aliphatic carbocycles. The van der Waals surface area contributed by atoms with Crippen LogP contribution in [0.4, 0.5) is 35.1 Å². The van der Waals surface area contributed by atoms with E-state index >= 15 is 0 Å². The van der Waals surface area contributed by atoms with Crippen molar-refractivity contribution >= 4 is 5.57 Å². The van der Waals surface area contributed by atoms with Crippen molar-refractivity contribution in [3.63, 3.8) is 0 Å². The summed E-state index contributed by atoms with van der Waals surface area (Å²) in [5.41, 5.74) is -2.06. The minimum Gasteiger partial charge on any atom is -0.412 e. The Morgan fingerprint density at radius 2 is 1.52 bits per heavy atom. The van der Waals surface area contributed by atoms with Gasteiger partial charge in [-0.1, -0.05) is 0 Å². The van der Waals surface area contributed by atoms with Crippen molar-refractivity contribution in [2.75, 3.05) is 0 Å². The summed E-state index contributed by atoms with van der Waals surface area (Å²) in [6.45, 7) is 0. The Labute approximate surface area is 126 Å². The first-order valence-corrected chi connectivity index (χ1v) is 5.01. The molecular weight excluding hydrogens is 492 g/mol. The van der Waals surface area contributed by atoms with Crippen molar-refractivity contribution in [1.82, 2.24) is 9.55 Å². The number of imidazole rings is 1. The van der Waals surface area contributed by atoms with Gasteiger partial charge >= 0.3 is 17.8 Å². The topological polar surface area (TPSA) is 17.8 Å². The molecular formula is C10H5F8IrN2-. The number of halogens is 8. The average molecular weight is 497 g/mol. The molecule has 1 aromatic heterocycles. The Balaban J connectivity index is 0.00000220. The fraction of sp³-hybridized carbons (Fsp3) is 0.500. The van der Waals surface area contributed by atoms with Crippen LogP contribution in [0.5, 0.6) is 0 Å². The molecule has 0 aliphatic heterocycles. The molecule has 0 fully saturated rings. The first kappa shape index (κ1) is 18.1. The Morgan fingerprint density at radius 3 is 1.95 bits per heavy atom. The van der Waals surface area contributed by atoms with E-state index in [9.17, 15) is 35.1 Å². The summed E-state index contributed by atoms with van der Waals surface area (Å²) in [4.78, 5) is 3.19. The number of allylic oxidation sites excluding steroid dienone is 2. The molecule has 0 spiro atoms. The van der Waals surface area contributed by atoms with Crippen LogP contribution >= 0.6 is 0 Å². The molecule has 2 nitrogen and oxygen atoms in total. The standard InChI is InChI=1S/C10H5F8N2.Ir/c1-20-3-2-19-6(20)5-4-7(11,12)9(15,16)10(17,18)8(5,13)14;/h2-3H,1H3;/q-1;. The van der Waals surface area contributed by atoms with E-state index in [1.165, 1.54) is 0 Å². The van der Waals surface area contributed by atoms with E-state index in [1.54, 1.807) is 0 Å². The fourth-order valence-corrected chi connectivity index (χ4v) is 1.67. The van der Waals surface area contributed by atoms with Crippen LogP contribution in [0.3, 0.4) is 0 Å². The molecule has 0 saturated heterocycles. The van der Waals surface area contributed by atoms with Crippen LogP contribution in [0.1, 0.15) is 5.82 Å². The van der Waals surface area contributed by atoms with Gasteiger partial charge in [0.1, 0.15) is 0 Å². The van der Waals surface area contributed by atoms with Gasteiger partial charge in [0.15, 0.2) is 0 Å². The number of aryl methyl sites for hydroxylation is 1. The molecule has 121 valence electrons. The molecule has 1 aromatic rings. The quantitative estimate of drug-likeness (QED) is 0.431. The largest absolute Gasteiger partial charge is 0.412 e. The van der Waals surface area contributed by atoms with Crippen LogP contribution in [-0.4, -0.2) is 33.2 Å². The summed E-state index contributed by atoms with van der Waals surface area (Å²) >= 11 is 0. The monoisotopic (exact) mass is 498 g/mol. The summed E-state index contributed by atoms with van der Waals surface area (Å²) in [6, 6.07) is 0. The zero-order valence-electron chi connectivity index (χ0n) is 9.91. The number of rotatable bonds is 1. The normalized spacial score (nSPS) is 24.9. The number of hydrogen-bond donors (Lipinski definition) is 0. The summed E-state index contributed by atoms with van der Waals surface area (Å²) < 4.78 is 106. The van der Waals surface area contributed by atoms with E-state index in [4.69, 9.17) is 0 Å². The molecule has 2 rings (SSSR count). The summed E-state index contributed by atoms with van der Waals surface area (Å²) in [5, 5.41) is 0. The smallest absolute Gasteiger partial charge is 0.378 e. The van der Waals surface area contributed by atoms with Gasteiger partial charge in [-0.25, -0.2) is 8.78 Å². The van der Waals surface area contributed by atoms with E-state index in [0.29, 0.717) is 10.6 Å². The SMILES string of the molecule is Cn1ccnc1C1=[C-]C(F)(F)C(F)(F)C(F)(F)C1(F)F.[Ir]. The summed E-state index contributed by atoms with van der Waals surface area (Å²) in [5.74, 6) is -24.6. The first-order chi connectivity index (χ1) is 8.86. The van der Waals surface area contributed by atoms with E-state index in [-0.39, 0.29) is 20.1 Å². The van der Waals surface area contributed by atoms with Gasteiger partial charge in [0.25, 0.3) is 5.92 Å². The maximum absolute atomic E-state index is 13.5. The second-order valence-electron chi connectivity index (χ2n) is 4.16. The van der Waals surface area contributed by atoms with Crippen LogP contribution in [0.2, 0.25) is 0 Å². The molecule has 0 amide bonds. The minimum absolute atomic E-state index is 0. The van der Waals surface area contributed by atoms with Crippen molar-refractivity contribution < 1.29 is 55.2 Å².